The van der Waals surface area contributed by atoms with E-state index in [1.165, 1.54) is 0 Å². The van der Waals surface area contributed by atoms with Crippen LogP contribution in [0.3, 0.4) is 0 Å². The maximum Gasteiger partial charge on any atom is 0.0998 e. The average Bonchev–Trinajstić information content (AvgIpc) is 2.47. The van der Waals surface area contributed by atoms with Crippen molar-refractivity contribution < 1.29 is 0 Å². The highest BCUT2D eigenvalue weighted by Gasteiger charge is 2.03. The first-order valence-corrected chi connectivity index (χ1v) is 4.18. The molecule has 0 aliphatic heterocycles. The van der Waals surface area contributed by atoms with Gasteiger partial charge < -0.3 is 4.57 Å². The summed E-state index contributed by atoms with van der Waals surface area (Å²) in [5.41, 5.74) is 3.01. The molecule has 0 atom stereocenters. The van der Waals surface area contributed by atoms with Crippen molar-refractivity contribution in [3.63, 3.8) is 0 Å². The Labute approximate surface area is 77.0 Å². The van der Waals surface area contributed by atoms with Crippen LogP contribution in [0.4, 0.5) is 0 Å². The normalized spacial score (nSPS) is 10.2. The Bertz CT molecular complexity index is 501. The SMILES string of the molecule is Cc1cc(C#N)c2ccn(C)c2c1. The zero-order valence-corrected chi connectivity index (χ0v) is 7.70. The van der Waals surface area contributed by atoms with Gasteiger partial charge in [-0.3, -0.25) is 0 Å². The van der Waals surface area contributed by atoms with Gasteiger partial charge in [-0.15, -0.1) is 0 Å². The van der Waals surface area contributed by atoms with Gasteiger partial charge in [-0.1, -0.05) is 0 Å². The van der Waals surface area contributed by atoms with Crippen LogP contribution in [-0.2, 0) is 7.05 Å². The van der Waals surface area contributed by atoms with Gasteiger partial charge in [0.1, 0.15) is 0 Å². The van der Waals surface area contributed by atoms with Gasteiger partial charge in [0, 0.05) is 24.1 Å². The second-order valence-electron chi connectivity index (χ2n) is 3.28. The van der Waals surface area contributed by atoms with E-state index in [1.54, 1.807) is 0 Å². The Morgan fingerprint density at radius 2 is 2.15 bits per heavy atom. The van der Waals surface area contributed by atoms with Crippen LogP contribution in [0.1, 0.15) is 11.1 Å². The molecule has 0 bridgehead atoms. The predicted molar refractivity (Wildman–Crippen MR) is 52.4 cm³/mol. The topological polar surface area (TPSA) is 28.7 Å². The van der Waals surface area contributed by atoms with E-state index < -0.39 is 0 Å². The Kier molecular flexibility index (Phi) is 1.60. The summed E-state index contributed by atoms with van der Waals surface area (Å²) >= 11 is 0. The van der Waals surface area contributed by atoms with Gasteiger partial charge in [0.25, 0.3) is 0 Å². The van der Waals surface area contributed by atoms with Crippen LogP contribution in [0.2, 0.25) is 0 Å². The molecular weight excluding hydrogens is 160 g/mol. The highest BCUT2D eigenvalue weighted by atomic mass is 14.9. The summed E-state index contributed by atoms with van der Waals surface area (Å²) in [7, 11) is 1.99. The number of benzene rings is 1. The van der Waals surface area contributed by atoms with Crippen LogP contribution in [0, 0.1) is 18.3 Å². The largest absolute Gasteiger partial charge is 0.351 e. The lowest BCUT2D eigenvalue weighted by atomic mass is 10.1. The molecule has 0 spiro atoms. The molecule has 0 fully saturated rings. The second kappa shape index (κ2) is 2.63. The highest BCUT2D eigenvalue weighted by molar-refractivity contribution is 5.86. The molecule has 0 unspecified atom stereocenters. The van der Waals surface area contributed by atoms with E-state index in [0.29, 0.717) is 0 Å². The number of aromatic nitrogens is 1. The third-order valence-electron chi connectivity index (χ3n) is 2.27. The second-order valence-corrected chi connectivity index (χ2v) is 3.28. The van der Waals surface area contributed by atoms with Crippen molar-refractivity contribution in [2.75, 3.05) is 0 Å². The number of aryl methyl sites for hydroxylation is 2. The zero-order chi connectivity index (χ0) is 9.42. The summed E-state index contributed by atoms with van der Waals surface area (Å²) in [6.07, 6.45) is 1.98. The minimum atomic E-state index is 0.760. The first-order chi connectivity index (χ1) is 6.22. The van der Waals surface area contributed by atoms with E-state index in [9.17, 15) is 0 Å². The van der Waals surface area contributed by atoms with Crippen molar-refractivity contribution >= 4 is 10.9 Å². The number of nitriles is 1. The van der Waals surface area contributed by atoms with Gasteiger partial charge in [0.2, 0.25) is 0 Å². The van der Waals surface area contributed by atoms with Crippen molar-refractivity contribution in [3.8, 4) is 6.07 Å². The number of hydrogen-bond acceptors (Lipinski definition) is 1. The quantitative estimate of drug-likeness (QED) is 0.596. The van der Waals surface area contributed by atoms with Crippen LogP contribution in [0.5, 0.6) is 0 Å². The Morgan fingerprint density at radius 3 is 2.85 bits per heavy atom. The van der Waals surface area contributed by atoms with Crippen molar-refractivity contribution in [2.24, 2.45) is 7.05 Å². The fourth-order valence-electron chi connectivity index (χ4n) is 1.60. The first-order valence-electron chi connectivity index (χ1n) is 4.18. The fourth-order valence-corrected chi connectivity index (χ4v) is 1.60. The monoisotopic (exact) mass is 170 g/mol. The number of nitrogens with zero attached hydrogens (tertiary/aromatic N) is 2. The van der Waals surface area contributed by atoms with E-state index in [0.717, 1.165) is 22.0 Å². The van der Waals surface area contributed by atoms with Gasteiger partial charge in [0.15, 0.2) is 0 Å². The molecule has 1 aromatic heterocycles. The molecule has 0 saturated carbocycles. The third-order valence-corrected chi connectivity index (χ3v) is 2.27. The van der Waals surface area contributed by atoms with E-state index in [4.69, 9.17) is 5.26 Å². The van der Waals surface area contributed by atoms with Crippen molar-refractivity contribution in [1.29, 1.82) is 5.26 Å². The molecule has 0 radical (unpaired) electrons. The molecule has 13 heavy (non-hydrogen) atoms. The molecule has 0 amide bonds. The van der Waals surface area contributed by atoms with Gasteiger partial charge in [-0.05, 0) is 30.7 Å². The summed E-state index contributed by atoms with van der Waals surface area (Å²) in [4.78, 5) is 0. The minimum absolute atomic E-state index is 0.760. The van der Waals surface area contributed by atoms with Gasteiger partial charge >= 0.3 is 0 Å². The number of fused-ring (bicyclic) bond motifs is 1. The van der Waals surface area contributed by atoms with Gasteiger partial charge in [-0.2, -0.15) is 5.26 Å². The smallest absolute Gasteiger partial charge is 0.0998 e. The van der Waals surface area contributed by atoms with E-state index >= 15 is 0 Å². The van der Waals surface area contributed by atoms with Crippen LogP contribution >= 0.6 is 0 Å². The first kappa shape index (κ1) is 7.88. The maximum atomic E-state index is 8.91. The molecule has 0 aliphatic rings. The highest BCUT2D eigenvalue weighted by Crippen LogP contribution is 2.20. The molecular formula is C11H10N2. The van der Waals surface area contributed by atoms with Crippen LogP contribution < -0.4 is 0 Å². The zero-order valence-electron chi connectivity index (χ0n) is 7.70. The summed E-state index contributed by atoms with van der Waals surface area (Å²) in [6.45, 7) is 2.01. The Morgan fingerprint density at radius 1 is 1.38 bits per heavy atom. The van der Waals surface area contributed by atoms with E-state index in [-0.39, 0.29) is 0 Å². The van der Waals surface area contributed by atoms with Crippen molar-refractivity contribution in [1.82, 2.24) is 4.57 Å². The molecule has 2 rings (SSSR count). The average molecular weight is 170 g/mol. The fraction of sp³-hybridized carbons (Fsp3) is 0.182. The van der Waals surface area contributed by atoms with Crippen LogP contribution in [0.25, 0.3) is 10.9 Å². The van der Waals surface area contributed by atoms with Gasteiger partial charge in [-0.25, -0.2) is 0 Å². The third kappa shape index (κ3) is 1.09. The summed E-state index contributed by atoms with van der Waals surface area (Å²) < 4.78 is 2.03. The molecule has 0 saturated heterocycles. The summed E-state index contributed by atoms with van der Waals surface area (Å²) in [5, 5.41) is 9.95. The molecule has 0 N–H and O–H groups in total. The Balaban J connectivity index is 2.94. The summed E-state index contributed by atoms with van der Waals surface area (Å²) in [5.74, 6) is 0. The molecule has 64 valence electrons. The lowest BCUT2D eigenvalue weighted by Crippen LogP contribution is -1.86. The van der Waals surface area contributed by atoms with Crippen molar-refractivity contribution in [3.05, 3.63) is 35.5 Å². The lowest BCUT2D eigenvalue weighted by Gasteiger charge is -1.99. The van der Waals surface area contributed by atoms with Crippen LogP contribution in [0.15, 0.2) is 24.4 Å². The summed E-state index contributed by atoms with van der Waals surface area (Å²) in [6, 6.07) is 8.20. The molecule has 2 heteroatoms. The number of rotatable bonds is 0. The van der Waals surface area contributed by atoms with Gasteiger partial charge in [0.05, 0.1) is 11.6 Å². The molecule has 2 aromatic rings. The lowest BCUT2D eigenvalue weighted by molar-refractivity contribution is 0.968. The molecule has 0 aliphatic carbocycles. The van der Waals surface area contributed by atoms with E-state index in [1.807, 2.05) is 36.9 Å². The standard InChI is InChI=1S/C11H10N2/c1-8-5-9(7-12)10-3-4-13(2)11(10)6-8/h3-6H,1-2H3. The van der Waals surface area contributed by atoms with E-state index in [2.05, 4.69) is 12.1 Å². The predicted octanol–water partition coefficient (Wildman–Crippen LogP) is 2.36. The molecule has 1 aromatic carbocycles. The molecule has 2 nitrogen and oxygen atoms in total. The number of hydrogen-bond donors (Lipinski definition) is 0. The minimum Gasteiger partial charge on any atom is -0.351 e. The Hall–Kier alpha value is -1.75. The van der Waals surface area contributed by atoms with Crippen molar-refractivity contribution in [2.45, 2.75) is 6.92 Å². The molecule has 1 heterocycles. The van der Waals surface area contributed by atoms with Crippen LogP contribution in [-0.4, -0.2) is 4.57 Å². The maximum absolute atomic E-state index is 8.91.